The highest BCUT2D eigenvalue weighted by molar-refractivity contribution is 6.31. The first-order chi connectivity index (χ1) is 10.1. The predicted molar refractivity (Wildman–Crippen MR) is 82.3 cm³/mol. The third-order valence-corrected chi connectivity index (χ3v) is 3.72. The highest BCUT2D eigenvalue weighted by Gasteiger charge is 2.17. The van der Waals surface area contributed by atoms with E-state index < -0.39 is 5.82 Å². The molecule has 3 nitrogen and oxygen atoms in total. The summed E-state index contributed by atoms with van der Waals surface area (Å²) < 4.78 is 15.5. The maximum Gasteiger partial charge on any atom is 0.144 e. The van der Waals surface area contributed by atoms with Crippen LogP contribution in [0.5, 0.6) is 0 Å². The van der Waals surface area contributed by atoms with Crippen LogP contribution in [0.3, 0.4) is 0 Å². The largest absolute Gasteiger partial charge is 0.322 e. The first kappa shape index (κ1) is 14.3. The number of halogens is 3. The van der Waals surface area contributed by atoms with Crippen LogP contribution < -0.4 is 0 Å². The van der Waals surface area contributed by atoms with Crippen molar-refractivity contribution in [1.29, 1.82) is 0 Å². The van der Waals surface area contributed by atoms with Gasteiger partial charge in [-0.25, -0.2) is 9.37 Å². The van der Waals surface area contributed by atoms with Crippen molar-refractivity contribution >= 4 is 34.2 Å². The highest BCUT2D eigenvalue weighted by atomic mass is 35.5. The molecule has 21 heavy (non-hydrogen) atoms. The van der Waals surface area contributed by atoms with Gasteiger partial charge in [-0.2, -0.15) is 0 Å². The average Bonchev–Trinajstić information content (AvgIpc) is 2.79. The Balaban J connectivity index is 2.18. The third kappa shape index (κ3) is 2.74. The second-order valence-electron chi connectivity index (χ2n) is 4.79. The van der Waals surface area contributed by atoms with E-state index in [0.29, 0.717) is 17.9 Å². The van der Waals surface area contributed by atoms with Gasteiger partial charge < -0.3 is 4.57 Å². The van der Waals surface area contributed by atoms with Crippen molar-refractivity contribution < 1.29 is 4.39 Å². The number of rotatable bonds is 3. The predicted octanol–water partition coefficient (Wildman–Crippen LogP) is 4.57. The summed E-state index contributed by atoms with van der Waals surface area (Å²) in [4.78, 5) is 8.52. The third-order valence-electron chi connectivity index (χ3n) is 3.24. The number of aromatic nitrogens is 3. The van der Waals surface area contributed by atoms with E-state index >= 15 is 0 Å². The molecule has 0 spiro atoms. The lowest BCUT2D eigenvalue weighted by Gasteiger charge is -2.10. The Morgan fingerprint density at radius 2 is 2.19 bits per heavy atom. The summed E-state index contributed by atoms with van der Waals surface area (Å²) in [7, 11) is 0. The van der Waals surface area contributed by atoms with Crippen LogP contribution in [0.25, 0.3) is 11.0 Å². The standard InChI is InChI=1S/C15H12Cl2FN3/c1-9(16)15-20-13-6-12(18)11(17)5-14(13)21(15)8-10-3-2-4-19-7-10/h2-7,9H,8H2,1H3. The molecular formula is C15H12Cl2FN3. The molecule has 1 atom stereocenters. The van der Waals surface area contributed by atoms with Gasteiger partial charge in [0, 0.05) is 18.5 Å². The van der Waals surface area contributed by atoms with Crippen molar-refractivity contribution in [3.05, 3.63) is 58.9 Å². The van der Waals surface area contributed by atoms with Crippen LogP contribution in [0.15, 0.2) is 36.7 Å². The van der Waals surface area contributed by atoms with E-state index in [1.807, 2.05) is 23.6 Å². The smallest absolute Gasteiger partial charge is 0.144 e. The number of hydrogen-bond donors (Lipinski definition) is 0. The Bertz CT molecular complexity index is 784. The topological polar surface area (TPSA) is 30.7 Å². The summed E-state index contributed by atoms with van der Waals surface area (Å²) in [5.74, 6) is 0.196. The maximum absolute atomic E-state index is 13.6. The van der Waals surface area contributed by atoms with Crippen molar-refractivity contribution in [3.8, 4) is 0 Å². The van der Waals surface area contributed by atoms with E-state index in [1.54, 1.807) is 18.5 Å². The fourth-order valence-electron chi connectivity index (χ4n) is 2.28. The van der Waals surface area contributed by atoms with E-state index in [0.717, 1.165) is 11.1 Å². The SMILES string of the molecule is CC(Cl)c1nc2cc(F)c(Cl)cc2n1Cc1cccnc1. The van der Waals surface area contributed by atoms with Gasteiger partial charge in [0.15, 0.2) is 0 Å². The van der Waals surface area contributed by atoms with Gasteiger partial charge in [0.25, 0.3) is 0 Å². The molecule has 1 unspecified atom stereocenters. The lowest BCUT2D eigenvalue weighted by atomic mass is 10.2. The normalized spacial score (nSPS) is 12.8. The Hall–Kier alpha value is -1.65. The number of imidazole rings is 1. The Labute approximate surface area is 131 Å². The highest BCUT2D eigenvalue weighted by Crippen LogP contribution is 2.28. The molecule has 0 aliphatic heterocycles. The molecule has 0 saturated carbocycles. The zero-order valence-electron chi connectivity index (χ0n) is 11.2. The molecule has 3 rings (SSSR count). The average molecular weight is 324 g/mol. The zero-order valence-corrected chi connectivity index (χ0v) is 12.7. The molecule has 1 aromatic carbocycles. The summed E-state index contributed by atoms with van der Waals surface area (Å²) >= 11 is 12.1. The Morgan fingerprint density at radius 3 is 2.86 bits per heavy atom. The summed E-state index contributed by atoms with van der Waals surface area (Å²) in [6.45, 7) is 2.39. The molecule has 2 heterocycles. The summed E-state index contributed by atoms with van der Waals surface area (Å²) in [6.07, 6.45) is 3.49. The molecule has 0 saturated heterocycles. The number of nitrogens with zero attached hydrogens (tertiary/aromatic N) is 3. The van der Waals surface area contributed by atoms with Gasteiger partial charge in [0.1, 0.15) is 11.6 Å². The minimum Gasteiger partial charge on any atom is -0.322 e. The van der Waals surface area contributed by atoms with Gasteiger partial charge in [-0.3, -0.25) is 4.98 Å². The van der Waals surface area contributed by atoms with Gasteiger partial charge >= 0.3 is 0 Å². The van der Waals surface area contributed by atoms with Gasteiger partial charge in [-0.05, 0) is 24.6 Å². The molecule has 0 amide bonds. The minimum atomic E-state index is -0.482. The fraction of sp³-hybridized carbons (Fsp3) is 0.200. The number of alkyl halides is 1. The summed E-state index contributed by atoms with van der Waals surface area (Å²) in [6, 6.07) is 6.75. The van der Waals surface area contributed by atoms with E-state index in [2.05, 4.69) is 9.97 Å². The molecule has 108 valence electrons. The minimum absolute atomic E-state index is 0.0728. The van der Waals surface area contributed by atoms with E-state index in [4.69, 9.17) is 23.2 Å². The van der Waals surface area contributed by atoms with Gasteiger partial charge in [0.05, 0.1) is 28.0 Å². The van der Waals surface area contributed by atoms with Crippen molar-refractivity contribution in [2.45, 2.75) is 18.8 Å². The number of pyridine rings is 1. The molecule has 0 aliphatic rings. The van der Waals surface area contributed by atoms with Crippen molar-refractivity contribution in [1.82, 2.24) is 14.5 Å². The maximum atomic E-state index is 13.6. The number of benzene rings is 1. The molecule has 0 fully saturated rings. The molecule has 0 bridgehead atoms. The Kier molecular flexibility index (Phi) is 3.83. The number of fused-ring (bicyclic) bond motifs is 1. The van der Waals surface area contributed by atoms with Gasteiger partial charge in [-0.15, -0.1) is 11.6 Å². The van der Waals surface area contributed by atoms with Gasteiger partial charge in [-0.1, -0.05) is 17.7 Å². The second-order valence-corrected chi connectivity index (χ2v) is 5.85. The molecule has 0 aliphatic carbocycles. The molecule has 0 radical (unpaired) electrons. The molecule has 2 aromatic heterocycles. The summed E-state index contributed by atoms with van der Waals surface area (Å²) in [5, 5.41) is -0.223. The van der Waals surface area contributed by atoms with Crippen LogP contribution in [0.1, 0.15) is 23.7 Å². The zero-order chi connectivity index (χ0) is 15.0. The summed E-state index contributed by atoms with van der Waals surface area (Å²) in [5.41, 5.74) is 2.31. The number of hydrogen-bond acceptors (Lipinski definition) is 2. The molecule has 6 heteroatoms. The molecule has 0 N–H and O–H groups in total. The first-order valence-electron chi connectivity index (χ1n) is 6.44. The fourth-order valence-corrected chi connectivity index (χ4v) is 2.61. The van der Waals surface area contributed by atoms with Gasteiger partial charge in [0.2, 0.25) is 0 Å². The van der Waals surface area contributed by atoms with E-state index in [1.165, 1.54) is 6.07 Å². The van der Waals surface area contributed by atoms with Crippen LogP contribution in [-0.2, 0) is 6.54 Å². The van der Waals surface area contributed by atoms with E-state index in [9.17, 15) is 4.39 Å². The van der Waals surface area contributed by atoms with Crippen LogP contribution in [0.4, 0.5) is 4.39 Å². The second kappa shape index (κ2) is 5.62. The molecular weight excluding hydrogens is 312 g/mol. The van der Waals surface area contributed by atoms with E-state index in [-0.39, 0.29) is 10.4 Å². The van der Waals surface area contributed by atoms with Crippen LogP contribution in [0.2, 0.25) is 5.02 Å². The van der Waals surface area contributed by atoms with Crippen molar-refractivity contribution in [2.24, 2.45) is 0 Å². The van der Waals surface area contributed by atoms with Crippen molar-refractivity contribution in [2.75, 3.05) is 0 Å². The monoisotopic (exact) mass is 323 g/mol. The van der Waals surface area contributed by atoms with Crippen LogP contribution >= 0.6 is 23.2 Å². The Morgan fingerprint density at radius 1 is 1.38 bits per heavy atom. The lowest BCUT2D eigenvalue weighted by Crippen LogP contribution is -2.06. The van der Waals surface area contributed by atoms with Crippen LogP contribution in [0, 0.1) is 5.82 Å². The first-order valence-corrected chi connectivity index (χ1v) is 7.26. The quantitative estimate of drug-likeness (QED) is 0.661. The van der Waals surface area contributed by atoms with Crippen LogP contribution in [-0.4, -0.2) is 14.5 Å². The lowest BCUT2D eigenvalue weighted by molar-refractivity contribution is 0.629. The van der Waals surface area contributed by atoms with Crippen molar-refractivity contribution in [3.63, 3.8) is 0 Å². The molecule has 3 aromatic rings.